The van der Waals surface area contributed by atoms with Crippen molar-refractivity contribution >= 4 is 10.1 Å². The summed E-state index contributed by atoms with van der Waals surface area (Å²) in [5, 5.41) is 0. The molecule has 0 bridgehead atoms. The van der Waals surface area contributed by atoms with Gasteiger partial charge in [-0.15, -0.1) is 0 Å². The van der Waals surface area contributed by atoms with Gasteiger partial charge in [-0.25, -0.2) is 0 Å². The van der Waals surface area contributed by atoms with E-state index >= 15 is 0 Å². The van der Waals surface area contributed by atoms with Crippen LogP contribution in [0, 0.1) is 0 Å². The normalized spacial score (nSPS) is 24.1. The number of halogens is 3. The molecule has 1 heterocycles. The van der Waals surface area contributed by atoms with Crippen molar-refractivity contribution in [1.82, 2.24) is 0 Å². The lowest BCUT2D eigenvalue weighted by Crippen LogP contribution is -2.35. The van der Waals surface area contributed by atoms with Crippen LogP contribution in [0.1, 0.15) is 0 Å². The molecule has 5 nitrogen and oxygen atoms in total. The predicted octanol–water partition coefficient (Wildman–Crippen LogP) is 0.268. The Balaban J connectivity index is 2.42. The number of ether oxygens (including phenoxy) is 2. The topological polar surface area (TPSA) is 61.8 Å². The summed E-state index contributed by atoms with van der Waals surface area (Å²) < 4.78 is 69.8. The van der Waals surface area contributed by atoms with Gasteiger partial charge in [-0.05, 0) is 0 Å². The second kappa shape index (κ2) is 4.64. The molecule has 1 atom stereocenters. The van der Waals surface area contributed by atoms with E-state index in [1.165, 1.54) is 0 Å². The molecule has 0 aromatic rings. The van der Waals surface area contributed by atoms with Crippen molar-refractivity contribution in [2.24, 2.45) is 0 Å². The van der Waals surface area contributed by atoms with Crippen molar-refractivity contribution in [2.45, 2.75) is 11.6 Å². The molecular formula is C6H9F3O5S. The first-order valence-corrected chi connectivity index (χ1v) is 5.39. The minimum atomic E-state index is -5.53. The third-order valence-corrected chi connectivity index (χ3v) is 2.59. The Morgan fingerprint density at radius 3 is 2.47 bits per heavy atom. The molecule has 0 radical (unpaired) electrons. The van der Waals surface area contributed by atoms with E-state index in [0.29, 0.717) is 6.61 Å². The van der Waals surface area contributed by atoms with Crippen LogP contribution in [0.4, 0.5) is 13.2 Å². The van der Waals surface area contributed by atoms with Crippen molar-refractivity contribution in [1.29, 1.82) is 0 Å². The van der Waals surface area contributed by atoms with E-state index in [2.05, 4.69) is 4.18 Å². The molecule has 1 aliphatic heterocycles. The minimum absolute atomic E-state index is 0.0212. The Kier molecular flexibility index (Phi) is 3.93. The molecule has 0 aromatic heterocycles. The van der Waals surface area contributed by atoms with Crippen LogP contribution in [-0.4, -0.2) is 46.5 Å². The lowest BCUT2D eigenvalue weighted by atomic mass is 10.4. The smallest absolute Gasteiger partial charge is 0.376 e. The van der Waals surface area contributed by atoms with E-state index in [1.54, 1.807) is 0 Å². The van der Waals surface area contributed by atoms with Crippen molar-refractivity contribution in [3.8, 4) is 0 Å². The zero-order valence-electron chi connectivity index (χ0n) is 7.49. The molecule has 1 unspecified atom stereocenters. The standard InChI is InChI=1S/C6H9F3O5S/c7-6(8,9)15(10,11)14-4-5-3-12-1-2-13-5/h5H,1-4H2. The molecule has 9 heteroatoms. The fraction of sp³-hybridized carbons (Fsp3) is 1.00. The Hall–Kier alpha value is -0.380. The quantitative estimate of drug-likeness (QED) is 0.531. The van der Waals surface area contributed by atoms with Gasteiger partial charge in [0, 0.05) is 0 Å². The van der Waals surface area contributed by atoms with Gasteiger partial charge < -0.3 is 9.47 Å². The molecule has 1 saturated heterocycles. The molecule has 90 valence electrons. The van der Waals surface area contributed by atoms with Crippen molar-refractivity contribution in [3.63, 3.8) is 0 Å². The zero-order chi connectivity index (χ0) is 11.5. The van der Waals surface area contributed by atoms with E-state index in [1.807, 2.05) is 0 Å². The van der Waals surface area contributed by atoms with Gasteiger partial charge in [0.1, 0.15) is 6.10 Å². The Labute approximate surface area is 84.2 Å². The molecule has 0 N–H and O–H groups in total. The van der Waals surface area contributed by atoms with Crippen LogP contribution < -0.4 is 0 Å². The maximum Gasteiger partial charge on any atom is 0.523 e. The van der Waals surface area contributed by atoms with Crippen LogP contribution in [0.15, 0.2) is 0 Å². The molecule has 0 amide bonds. The summed E-state index contributed by atoms with van der Waals surface area (Å²) in [6.45, 7) is -0.127. The maximum atomic E-state index is 11.8. The van der Waals surface area contributed by atoms with Crippen LogP contribution in [-0.2, 0) is 23.8 Å². The van der Waals surface area contributed by atoms with Crippen LogP contribution in [0.2, 0.25) is 0 Å². The summed E-state index contributed by atoms with van der Waals surface area (Å²) in [6, 6.07) is 0. The van der Waals surface area contributed by atoms with Crippen molar-refractivity contribution in [2.75, 3.05) is 26.4 Å². The Morgan fingerprint density at radius 1 is 1.33 bits per heavy atom. The molecule has 1 rings (SSSR count). The fourth-order valence-electron chi connectivity index (χ4n) is 0.865. The van der Waals surface area contributed by atoms with Crippen LogP contribution in [0.25, 0.3) is 0 Å². The van der Waals surface area contributed by atoms with Crippen molar-refractivity contribution in [3.05, 3.63) is 0 Å². The number of hydrogen-bond acceptors (Lipinski definition) is 5. The highest BCUT2D eigenvalue weighted by atomic mass is 32.2. The van der Waals surface area contributed by atoms with Gasteiger partial charge in [0.2, 0.25) is 0 Å². The Bertz CT molecular complexity index is 292. The molecule has 0 spiro atoms. The average molecular weight is 250 g/mol. The monoisotopic (exact) mass is 250 g/mol. The molecule has 0 aromatic carbocycles. The van der Waals surface area contributed by atoms with Gasteiger partial charge in [0.05, 0.1) is 26.4 Å². The van der Waals surface area contributed by atoms with E-state index in [9.17, 15) is 21.6 Å². The zero-order valence-corrected chi connectivity index (χ0v) is 8.31. The molecule has 15 heavy (non-hydrogen) atoms. The summed E-state index contributed by atoms with van der Waals surface area (Å²) in [6.07, 6.45) is -0.782. The highest BCUT2D eigenvalue weighted by Crippen LogP contribution is 2.24. The first-order valence-electron chi connectivity index (χ1n) is 3.98. The van der Waals surface area contributed by atoms with Gasteiger partial charge in [0.15, 0.2) is 0 Å². The van der Waals surface area contributed by atoms with E-state index in [0.717, 1.165) is 0 Å². The van der Waals surface area contributed by atoms with E-state index in [-0.39, 0.29) is 13.2 Å². The third kappa shape index (κ3) is 3.59. The highest BCUT2D eigenvalue weighted by Gasteiger charge is 2.47. The molecule has 0 aliphatic carbocycles. The molecular weight excluding hydrogens is 241 g/mol. The minimum Gasteiger partial charge on any atom is -0.376 e. The average Bonchev–Trinajstić information content (AvgIpc) is 2.15. The van der Waals surface area contributed by atoms with Gasteiger partial charge in [-0.2, -0.15) is 21.6 Å². The summed E-state index contributed by atoms with van der Waals surface area (Å²) >= 11 is 0. The number of hydrogen-bond donors (Lipinski definition) is 0. The number of alkyl halides is 3. The largest absolute Gasteiger partial charge is 0.523 e. The summed E-state index contributed by atoms with van der Waals surface area (Å²) in [5.74, 6) is 0. The third-order valence-electron chi connectivity index (χ3n) is 1.58. The SMILES string of the molecule is O=S(=O)(OCC1COCCO1)C(F)(F)F. The molecule has 1 fully saturated rings. The second-order valence-electron chi connectivity index (χ2n) is 2.75. The molecule has 1 aliphatic rings. The molecule has 0 saturated carbocycles. The van der Waals surface area contributed by atoms with E-state index < -0.39 is 28.3 Å². The highest BCUT2D eigenvalue weighted by molar-refractivity contribution is 7.87. The van der Waals surface area contributed by atoms with Gasteiger partial charge in [0.25, 0.3) is 0 Å². The first-order chi connectivity index (χ1) is 6.83. The lowest BCUT2D eigenvalue weighted by Gasteiger charge is -2.22. The van der Waals surface area contributed by atoms with Gasteiger partial charge in [-0.3, -0.25) is 4.18 Å². The maximum absolute atomic E-state index is 11.8. The van der Waals surface area contributed by atoms with Crippen LogP contribution in [0.3, 0.4) is 0 Å². The van der Waals surface area contributed by atoms with Crippen LogP contribution >= 0.6 is 0 Å². The summed E-state index contributed by atoms with van der Waals surface area (Å²) in [5.41, 5.74) is -5.40. The van der Waals surface area contributed by atoms with Gasteiger partial charge in [-0.1, -0.05) is 0 Å². The summed E-state index contributed by atoms with van der Waals surface area (Å²) in [7, 11) is -5.53. The van der Waals surface area contributed by atoms with E-state index in [4.69, 9.17) is 9.47 Å². The van der Waals surface area contributed by atoms with Crippen molar-refractivity contribution < 1.29 is 35.2 Å². The lowest BCUT2D eigenvalue weighted by molar-refractivity contribution is -0.105. The fourth-order valence-corrected chi connectivity index (χ4v) is 1.33. The Morgan fingerprint density at radius 2 is 2.00 bits per heavy atom. The number of rotatable bonds is 3. The van der Waals surface area contributed by atoms with Gasteiger partial charge >= 0.3 is 15.6 Å². The summed E-state index contributed by atoms with van der Waals surface area (Å²) in [4.78, 5) is 0. The second-order valence-corrected chi connectivity index (χ2v) is 4.36. The predicted molar refractivity (Wildman–Crippen MR) is 41.5 cm³/mol. The first kappa shape index (κ1) is 12.7. The van der Waals surface area contributed by atoms with Crippen LogP contribution in [0.5, 0.6) is 0 Å².